The minimum absolute atomic E-state index is 0.0936. The molecule has 0 spiro atoms. The van der Waals surface area contributed by atoms with Crippen LogP contribution in [0, 0.1) is 6.92 Å². The van der Waals surface area contributed by atoms with Crippen molar-refractivity contribution in [3.05, 3.63) is 124 Å². The molecular weight excluding hydrogens is 582 g/mol. The molecule has 0 aliphatic carbocycles. The number of hydrogen-bond donors (Lipinski definition) is 3. The van der Waals surface area contributed by atoms with Crippen LogP contribution in [0.4, 0.5) is 11.4 Å². The monoisotopic (exact) mass is 613 g/mol. The number of carbonyl (C=O) groups excluding carboxylic acids is 3. The Morgan fingerprint density at radius 1 is 0.907 bits per heavy atom. The Hall–Kier alpha value is -4.53. The zero-order valence-electron chi connectivity index (χ0n) is 24.0. The number of thioether (sulfide) groups is 1. The zero-order valence-corrected chi connectivity index (χ0v) is 25.6. The van der Waals surface area contributed by atoms with E-state index in [1.807, 2.05) is 56.3 Å². The van der Waals surface area contributed by atoms with Crippen molar-refractivity contribution in [1.82, 2.24) is 5.32 Å². The lowest BCUT2D eigenvalue weighted by Crippen LogP contribution is -2.30. The molecular formula is C34H32ClN3O4S. The van der Waals surface area contributed by atoms with Gasteiger partial charge < -0.3 is 20.7 Å². The second kappa shape index (κ2) is 15.1. The summed E-state index contributed by atoms with van der Waals surface area (Å²) in [6.07, 6.45) is 2.19. The molecule has 0 saturated heterocycles. The lowest BCUT2D eigenvalue weighted by molar-refractivity contribution is -0.116. The van der Waals surface area contributed by atoms with Gasteiger partial charge in [0.05, 0.1) is 18.0 Å². The third-order valence-electron chi connectivity index (χ3n) is 6.41. The summed E-state index contributed by atoms with van der Waals surface area (Å²) in [6.45, 7) is 3.79. The Kier molecular flexibility index (Phi) is 11.0. The first-order chi connectivity index (χ1) is 20.8. The van der Waals surface area contributed by atoms with Crippen LogP contribution in [0.5, 0.6) is 5.75 Å². The normalized spacial score (nSPS) is 11.8. The molecule has 4 aromatic carbocycles. The van der Waals surface area contributed by atoms with Crippen LogP contribution in [-0.2, 0) is 9.59 Å². The van der Waals surface area contributed by atoms with Crippen molar-refractivity contribution < 1.29 is 19.1 Å². The van der Waals surface area contributed by atoms with Crippen LogP contribution in [-0.4, -0.2) is 30.1 Å². The van der Waals surface area contributed by atoms with E-state index in [1.165, 1.54) is 18.9 Å². The highest BCUT2D eigenvalue weighted by atomic mass is 35.5. The van der Waals surface area contributed by atoms with E-state index in [4.69, 9.17) is 16.3 Å². The minimum Gasteiger partial charge on any atom is -0.495 e. The summed E-state index contributed by atoms with van der Waals surface area (Å²) in [5.41, 5.74) is 3.18. The molecule has 7 nitrogen and oxygen atoms in total. The Morgan fingerprint density at radius 3 is 2.28 bits per heavy atom. The molecule has 1 atom stereocenters. The van der Waals surface area contributed by atoms with Gasteiger partial charge in [-0.3, -0.25) is 14.4 Å². The van der Waals surface area contributed by atoms with Gasteiger partial charge >= 0.3 is 0 Å². The quantitative estimate of drug-likeness (QED) is 0.120. The number of methoxy groups -OCH3 is 1. The topological polar surface area (TPSA) is 96.5 Å². The molecule has 0 aliphatic heterocycles. The molecule has 4 rings (SSSR count). The van der Waals surface area contributed by atoms with Crippen LogP contribution in [0.1, 0.15) is 34.8 Å². The first-order valence-electron chi connectivity index (χ1n) is 13.6. The predicted octanol–water partition coefficient (Wildman–Crippen LogP) is 7.58. The van der Waals surface area contributed by atoms with Gasteiger partial charge in [0.25, 0.3) is 11.8 Å². The van der Waals surface area contributed by atoms with E-state index in [2.05, 4.69) is 16.0 Å². The van der Waals surface area contributed by atoms with Gasteiger partial charge in [0, 0.05) is 27.2 Å². The third-order valence-corrected chi connectivity index (χ3v) is 8.18. The van der Waals surface area contributed by atoms with E-state index in [0.717, 1.165) is 16.0 Å². The van der Waals surface area contributed by atoms with E-state index >= 15 is 0 Å². The van der Waals surface area contributed by atoms with Crippen LogP contribution >= 0.6 is 23.4 Å². The molecule has 220 valence electrons. The van der Waals surface area contributed by atoms with Crippen molar-refractivity contribution >= 4 is 58.5 Å². The first-order valence-corrected chi connectivity index (χ1v) is 14.9. The summed E-state index contributed by atoms with van der Waals surface area (Å²) in [5.74, 6) is -0.581. The van der Waals surface area contributed by atoms with Crippen molar-refractivity contribution in [2.45, 2.75) is 30.4 Å². The van der Waals surface area contributed by atoms with E-state index in [9.17, 15) is 14.4 Å². The molecule has 3 N–H and O–H groups in total. The summed E-state index contributed by atoms with van der Waals surface area (Å²) in [7, 11) is 1.52. The summed E-state index contributed by atoms with van der Waals surface area (Å²) >= 11 is 7.59. The number of amides is 3. The molecule has 1 unspecified atom stereocenters. The summed E-state index contributed by atoms with van der Waals surface area (Å²) < 4.78 is 5.40. The number of benzene rings is 4. The Bertz CT molecular complexity index is 1630. The highest BCUT2D eigenvalue weighted by Gasteiger charge is 2.21. The largest absolute Gasteiger partial charge is 0.495 e. The highest BCUT2D eigenvalue weighted by molar-refractivity contribution is 8.00. The summed E-state index contributed by atoms with van der Waals surface area (Å²) in [4.78, 5) is 40.3. The third kappa shape index (κ3) is 8.73. The molecule has 3 amide bonds. The van der Waals surface area contributed by atoms with Crippen LogP contribution in [0.2, 0.25) is 5.02 Å². The molecule has 0 saturated carbocycles. The van der Waals surface area contributed by atoms with Gasteiger partial charge in [-0.05, 0) is 66.9 Å². The lowest BCUT2D eigenvalue weighted by Gasteiger charge is -2.18. The van der Waals surface area contributed by atoms with Gasteiger partial charge in [0.15, 0.2) is 0 Å². The highest BCUT2D eigenvalue weighted by Crippen LogP contribution is 2.33. The van der Waals surface area contributed by atoms with Crippen molar-refractivity contribution in [1.29, 1.82) is 0 Å². The van der Waals surface area contributed by atoms with Crippen molar-refractivity contribution in [3.63, 3.8) is 0 Å². The molecule has 0 aromatic heterocycles. The standard InChI is InChI=1S/C34H32ClN3O4S/c1-4-31(34(41)37-28-18-22(2)27(35)21-30(28)42-3)43-26-17-11-16-25(20-26)36-33(40)29(19-23-12-7-5-8-13-23)38-32(39)24-14-9-6-10-15-24/h5-21,31H,4H2,1-3H3,(H,36,40)(H,37,41)(H,38,39)/b29-19-. The second-order valence-corrected chi connectivity index (χ2v) is 11.3. The number of halogens is 1. The molecule has 43 heavy (non-hydrogen) atoms. The maximum atomic E-state index is 13.4. The molecule has 4 aromatic rings. The number of rotatable bonds is 11. The maximum Gasteiger partial charge on any atom is 0.272 e. The fourth-order valence-corrected chi connectivity index (χ4v) is 5.30. The first kappa shape index (κ1) is 31.4. The Labute approximate surface area is 260 Å². The molecule has 0 radical (unpaired) electrons. The van der Waals surface area contributed by atoms with E-state index in [0.29, 0.717) is 34.1 Å². The van der Waals surface area contributed by atoms with Gasteiger partial charge in [-0.25, -0.2) is 0 Å². The number of aryl methyl sites for hydroxylation is 1. The van der Waals surface area contributed by atoms with Gasteiger partial charge in [-0.1, -0.05) is 73.1 Å². The second-order valence-electron chi connectivity index (χ2n) is 9.58. The van der Waals surface area contributed by atoms with E-state index < -0.39 is 17.1 Å². The average Bonchev–Trinajstić information content (AvgIpc) is 3.02. The minimum atomic E-state index is -0.481. The summed E-state index contributed by atoms with van der Waals surface area (Å²) in [5, 5.41) is 8.72. The van der Waals surface area contributed by atoms with E-state index in [-0.39, 0.29) is 11.6 Å². The van der Waals surface area contributed by atoms with Crippen LogP contribution in [0.3, 0.4) is 0 Å². The van der Waals surface area contributed by atoms with Crippen molar-refractivity contribution in [2.75, 3.05) is 17.7 Å². The maximum absolute atomic E-state index is 13.4. The summed E-state index contributed by atoms with van der Waals surface area (Å²) in [6, 6.07) is 28.6. The molecule has 9 heteroatoms. The van der Waals surface area contributed by atoms with Crippen molar-refractivity contribution in [3.8, 4) is 5.75 Å². The fourth-order valence-electron chi connectivity index (χ4n) is 4.13. The van der Waals surface area contributed by atoms with Gasteiger partial charge in [0.1, 0.15) is 11.4 Å². The molecule has 0 aliphatic rings. The Morgan fingerprint density at radius 2 is 1.60 bits per heavy atom. The van der Waals surface area contributed by atoms with Crippen LogP contribution in [0.15, 0.2) is 108 Å². The van der Waals surface area contributed by atoms with Gasteiger partial charge in [0.2, 0.25) is 5.91 Å². The molecule has 0 bridgehead atoms. The van der Waals surface area contributed by atoms with Crippen LogP contribution < -0.4 is 20.7 Å². The van der Waals surface area contributed by atoms with Gasteiger partial charge in [-0.15, -0.1) is 11.8 Å². The molecule has 0 heterocycles. The lowest BCUT2D eigenvalue weighted by atomic mass is 10.1. The average molecular weight is 614 g/mol. The number of hydrogen-bond acceptors (Lipinski definition) is 5. The smallest absolute Gasteiger partial charge is 0.272 e. The number of nitrogens with one attached hydrogen (secondary N) is 3. The van der Waals surface area contributed by atoms with Crippen LogP contribution in [0.25, 0.3) is 6.08 Å². The van der Waals surface area contributed by atoms with Gasteiger partial charge in [-0.2, -0.15) is 0 Å². The van der Waals surface area contributed by atoms with E-state index in [1.54, 1.807) is 60.7 Å². The molecule has 0 fully saturated rings. The van der Waals surface area contributed by atoms with Crippen molar-refractivity contribution in [2.24, 2.45) is 0 Å². The Balaban J connectivity index is 1.49. The fraction of sp³-hybridized carbons (Fsp3) is 0.147. The SMILES string of the molecule is CCC(Sc1cccc(NC(=O)/C(=C/c2ccccc2)NC(=O)c2ccccc2)c1)C(=O)Nc1cc(C)c(Cl)cc1OC. The predicted molar refractivity (Wildman–Crippen MR) is 175 cm³/mol. The zero-order chi connectivity index (χ0) is 30.8. The number of carbonyl (C=O) groups is 3. The number of anilines is 2. The number of ether oxygens (including phenoxy) is 1.